The van der Waals surface area contributed by atoms with Gasteiger partial charge in [0.1, 0.15) is 5.75 Å². The van der Waals surface area contributed by atoms with Crippen LogP contribution in [0.2, 0.25) is 0 Å². The van der Waals surface area contributed by atoms with Gasteiger partial charge in [-0.1, -0.05) is 12.1 Å². The second-order valence-corrected chi connectivity index (χ2v) is 4.68. The van der Waals surface area contributed by atoms with Gasteiger partial charge in [0.2, 0.25) is 0 Å². The van der Waals surface area contributed by atoms with Gasteiger partial charge in [-0.15, -0.1) is 0 Å². The van der Waals surface area contributed by atoms with Crippen molar-refractivity contribution in [3.05, 3.63) is 29.3 Å². The van der Waals surface area contributed by atoms with Gasteiger partial charge in [0.25, 0.3) is 5.91 Å². The third kappa shape index (κ3) is 4.48. The first-order valence-corrected chi connectivity index (χ1v) is 6.07. The van der Waals surface area contributed by atoms with E-state index in [1.807, 2.05) is 0 Å². The minimum atomic E-state index is -4.30. The number of hydrogen-bond donors (Lipinski definition) is 2. The number of hydrogen-bond acceptors (Lipinski definition) is 3. The number of para-hydroxylation sites is 1. The average molecular weight is 279 g/mol. The smallest absolute Gasteiger partial charge is 0.441 e. The van der Waals surface area contributed by atoms with Crippen molar-refractivity contribution >= 4 is 17.7 Å². The van der Waals surface area contributed by atoms with Gasteiger partial charge in [0.15, 0.2) is 0 Å². The summed E-state index contributed by atoms with van der Waals surface area (Å²) in [7, 11) is 0. The summed E-state index contributed by atoms with van der Waals surface area (Å²) in [5.41, 5.74) is -3.70. The number of benzene rings is 1. The molecule has 1 amide bonds. The SMILES string of the molecule is Cc1cccc(C(=O)NCCSC(F)(F)F)c1O. The van der Waals surface area contributed by atoms with Crippen LogP contribution in [0, 0.1) is 6.92 Å². The number of aryl methyl sites for hydroxylation is 1. The fraction of sp³-hybridized carbons (Fsp3) is 0.364. The minimum absolute atomic E-state index is 0.0620. The minimum Gasteiger partial charge on any atom is -0.507 e. The second kappa shape index (κ2) is 5.99. The number of carbonyl (C=O) groups excluding carboxylic acids is 1. The lowest BCUT2D eigenvalue weighted by Gasteiger charge is -2.09. The maximum atomic E-state index is 11.8. The van der Waals surface area contributed by atoms with Gasteiger partial charge < -0.3 is 10.4 Å². The van der Waals surface area contributed by atoms with Crippen LogP contribution < -0.4 is 5.32 Å². The molecule has 7 heteroatoms. The van der Waals surface area contributed by atoms with Crippen molar-refractivity contribution in [1.82, 2.24) is 5.32 Å². The maximum absolute atomic E-state index is 11.8. The van der Waals surface area contributed by atoms with Crippen molar-refractivity contribution in [1.29, 1.82) is 0 Å². The molecule has 0 aromatic heterocycles. The van der Waals surface area contributed by atoms with Crippen molar-refractivity contribution in [3.63, 3.8) is 0 Å². The van der Waals surface area contributed by atoms with Crippen LogP contribution in [0.5, 0.6) is 5.75 Å². The first kappa shape index (κ1) is 14.7. The van der Waals surface area contributed by atoms with Crippen LogP contribution in [0.25, 0.3) is 0 Å². The Balaban J connectivity index is 2.49. The normalized spacial score (nSPS) is 11.3. The number of aromatic hydroxyl groups is 1. The van der Waals surface area contributed by atoms with E-state index < -0.39 is 11.4 Å². The summed E-state index contributed by atoms with van der Waals surface area (Å²) in [5.74, 6) is -1.00. The predicted molar refractivity (Wildman–Crippen MR) is 63.7 cm³/mol. The van der Waals surface area contributed by atoms with E-state index >= 15 is 0 Å². The van der Waals surface area contributed by atoms with E-state index in [2.05, 4.69) is 5.32 Å². The molecule has 0 heterocycles. The van der Waals surface area contributed by atoms with Gasteiger partial charge in [-0.05, 0) is 30.3 Å². The number of rotatable bonds is 4. The highest BCUT2D eigenvalue weighted by molar-refractivity contribution is 8.00. The van der Waals surface area contributed by atoms with E-state index in [0.29, 0.717) is 5.56 Å². The molecule has 0 spiro atoms. The zero-order valence-corrected chi connectivity index (χ0v) is 10.4. The molecule has 0 unspecified atom stereocenters. The average Bonchev–Trinajstić information content (AvgIpc) is 2.26. The van der Waals surface area contributed by atoms with Crippen LogP contribution in [0.1, 0.15) is 15.9 Å². The number of thioether (sulfide) groups is 1. The summed E-state index contributed by atoms with van der Waals surface area (Å²) in [6, 6.07) is 4.63. The summed E-state index contributed by atoms with van der Waals surface area (Å²) >= 11 is -0.199. The molecular formula is C11H12F3NO2S. The van der Waals surface area contributed by atoms with Gasteiger partial charge in [-0.2, -0.15) is 13.2 Å². The molecule has 18 heavy (non-hydrogen) atoms. The predicted octanol–water partition coefficient (Wildman–Crippen LogP) is 2.68. The van der Waals surface area contributed by atoms with Crippen LogP contribution in [-0.2, 0) is 0 Å². The molecule has 0 saturated carbocycles. The lowest BCUT2D eigenvalue weighted by Crippen LogP contribution is -2.26. The van der Waals surface area contributed by atoms with E-state index in [1.54, 1.807) is 19.1 Å². The van der Waals surface area contributed by atoms with Gasteiger partial charge >= 0.3 is 5.51 Å². The maximum Gasteiger partial charge on any atom is 0.441 e. The Morgan fingerprint density at radius 1 is 1.44 bits per heavy atom. The topological polar surface area (TPSA) is 49.3 Å². The molecule has 0 atom stereocenters. The fourth-order valence-electron chi connectivity index (χ4n) is 1.27. The molecule has 1 aromatic carbocycles. The molecule has 1 rings (SSSR count). The molecular weight excluding hydrogens is 267 g/mol. The third-order valence-corrected chi connectivity index (χ3v) is 2.87. The zero-order chi connectivity index (χ0) is 13.8. The molecule has 0 aliphatic carbocycles. The van der Waals surface area contributed by atoms with Crippen molar-refractivity contribution < 1.29 is 23.1 Å². The lowest BCUT2D eigenvalue weighted by atomic mass is 10.1. The Bertz CT molecular complexity index is 435. The number of phenols is 1. The van der Waals surface area contributed by atoms with Gasteiger partial charge in [-0.3, -0.25) is 4.79 Å². The molecule has 0 radical (unpaired) electrons. The van der Waals surface area contributed by atoms with Gasteiger partial charge in [0, 0.05) is 12.3 Å². The summed E-state index contributed by atoms with van der Waals surface area (Å²) < 4.78 is 35.5. The van der Waals surface area contributed by atoms with E-state index in [1.165, 1.54) is 6.07 Å². The van der Waals surface area contributed by atoms with Crippen LogP contribution >= 0.6 is 11.8 Å². The molecule has 0 aliphatic heterocycles. The number of carbonyl (C=O) groups is 1. The highest BCUT2D eigenvalue weighted by Gasteiger charge is 2.27. The van der Waals surface area contributed by atoms with E-state index in [4.69, 9.17) is 0 Å². The second-order valence-electron chi connectivity index (χ2n) is 3.52. The van der Waals surface area contributed by atoms with Crippen molar-refractivity contribution in [2.75, 3.05) is 12.3 Å². The molecule has 0 fully saturated rings. The van der Waals surface area contributed by atoms with Crippen molar-refractivity contribution in [2.45, 2.75) is 12.4 Å². The first-order valence-electron chi connectivity index (χ1n) is 5.09. The monoisotopic (exact) mass is 279 g/mol. The fourth-order valence-corrected chi connectivity index (χ4v) is 1.70. The van der Waals surface area contributed by atoms with E-state index in [0.717, 1.165) is 0 Å². The molecule has 0 aliphatic rings. The molecule has 1 aromatic rings. The van der Waals surface area contributed by atoms with Crippen molar-refractivity contribution in [3.8, 4) is 5.75 Å². The molecule has 100 valence electrons. The number of nitrogens with one attached hydrogen (secondary N) is 1. The lowest BCUT2D eigenvalue weighted by molar-refractivity contribution is -0.0327. The van der Waals surface area contributed by atoms with Crippen LogP contribution in [-0.4, -0.2) is 28.8 Å². The summed E-state index contributed by atoms with van der Waals surface area (Å²) in [4.78, 5) is 11.6. The Hall–Kier alpha value is -1.37. The molecule has 3 nitrogen and oxygen atoms in total. The number of halogens is 3. The quantitative estimate of drug-likeness (QED) is 0.833. The molecule has 0 saturated heterocycles. The summed E-state index contributed by atoms with van der Waals surface area (Å²) in [6.07, 6.45) is 0. The Morgan fingerprint density at radius 2 is 2.11 bits per heavy atom. The highest BCUT2D eigenvalue weighted by Crippen LogP contribution is 2.29. The standard InChI is InChI=1S/C11H12F3NO2S/c1-7-3-2-4-8(9(7)16)10(17)15-5-6-18-11(12,13)14/h2-4,16H,5-6H2,1H3,(H,15,17). The molecule has 0 bridgehead atoms. The highest BCUT2D eigenvalue weighted by atomic mass is 32.2. The summed E-state index contributed by atoms with van der Waals surface area (Å²) in [5, 5.41) is 11.9. The van der Waals surface area contributed by atoms with Gasteiger partial charge in [-0.25, -0.2) is 0 Å². The zero-order valence-electron chi connectivity index (χ0n) is 9.54. The first-order chi connectivity index (χ1) is 8.31. The van der Waals surface area contributed by atoms with Crippen molar-refractivity contribution in [2.24, 2.45) is 0 Å². The number of amides is 1. The molecule has 2 N–H and O–H groups in total. The Labute approximate surface area is 106 Å². The third-order valence-electron chi connectivity index (χ3n) is 2.14. The Kier molecular flexibility index (Phi) is 4.89. The Morgan fingerprint density at radius 3 is 2.72 bits per heavy atom. The van der Waals surface area contributed by atoms with Crippen LogP contribution in [0.4, 0.5) is 13.2 Å². The largest absolute Gasteiger partial charge is 0.507 e. The number of phenolic OH excluding ortho intramolecular Hbond substituents is 1. The number of alkyl halides is 3. The van der Waals surface area contributed by atoms with E-state index in [9.17, 15) is 23.1 Å². The van der Waals surface area contributed by atoms with E-state index in [-0.39, 0.29) is 35.4 Å². The van der Waals surface area contributed by atoms with Crippen LogP contribution in [0.15, 0.2) is 18.2 Å². The van der Waals surface area contributed by atoms with Gasteiger partial charge in [0.05, 0.1) is 5.56 Å². The summed E-state index contributed by atoms with van der Waals surface area (Å²) in [6.45, 7) is 1.52. The van der Waals surface area contributed by atoms with Crippen LogP contribution in [0.3, 0.4) is 0 Å².